The highest BCUT2D eigenvalue weighted by molar-refractivity contribution is 6.00. The minimum atomic E-state index is -0.284. The first-order chi connectivity index (χ1) is 12.0. The molecule has 1 heterocycles. The van der Waals surface area contributed by atoms with E-state index in [1.807, 2.05) is 44.1 Å². The van der Waals surface area contributed by atoms with Crippen LogP contribution >= 0.6 is 0 Å². The molecule has 1 fully saturated rings. The normalized spacial score (nSPS) is 15.2. The van der Waals surface area contributed by atoms with Crippen LogP contribution in [0.15, 0.2) is 18.2 Å². The highest BCUT2D eigenvalue weighted by atomic mass is 16.5. The molecule has 1 aromatic rings. The van der Waals surface area contributed by atoms with E-state index in [2.05, 4.69) is 10.9 Å². The lowest BCUT2D eigenvalue weighted by atomic mass is 10.1. The number of carbonyl (C=O) groups excluding carboxylic acids is 2. The zero-order chi connectivity index (χ0) is 18.4. The Labute approximate surface area is 149 Å². The van der Waals surface area contributed by atoms with Gasteiger partial charge in [0.25, 0.3) is 5.91 Å². The Bertz CT molecular complexity index is 616. The molecule has 2 rings (SSSR count). The summed E-state index contributed by atoms with van der Waals surface area (Å²) < 4.78 is 5.01. The van der Waals surface area contributed by atoms with Gasteiger partial charge in [-0.25, -0.2) is 5.43 Å². The molecule has 1 atom stereocenters. The third-order valence-corrected chi connectivity index (χ3v) is 4.20. The van der Waals surface area contributed by atoms with Crippen molar-refractivity contribution in [3.05, 3.63) is 29.3 Å². The van der Waals surface area contributed by atoms with Crippen LogP contribution in [0.25, 0.3) is 0 Å². The number of benzene rings is 1. The summed E-state index contributed by atoms with van der Waals surface area (Å²) in [4.78, 5) is 26.6. The van der Waals surface area contributed by atoms with Crippen molar-refractivity contribution < 1.29 is 14.3 Å². The Morgan fingerprint density at radius 2 is 2.12 bits per heavy atom. The van der Waals surface area contributed by atoms with Crippen LogP contribution in [-0.4, -0.2) is 54.2 Å². The minimum Gasteiger partial charge on any atom is -0.466 e. The lowest BCUT2D eigenvalue weighted by molar-refractivity contribution is -0.144. The number of amides is 1. The van der Waals surface area contributed by atoms with Gasteiger partial charge in [0, 0.05) is 25.7 Å². The number of ether oxygens (including phenoxy) is 1. The summed E-state index contributed by atoms with van der Waals surface area (Å²) in [6, 6.07) is 5.53. The van der Waals surface area contributed by atoms with Crippen molar-refractivity contribution >= 4 is 17.6 Å². The number of hydrazine groups is 2. The average molecular weight is 348 g/mol. The van der Waals surface area contributed by atoms with E-state index in [0.717, 1.165) is 24.3 Å². The fourth-order valence-electron chi connectivity index (χ4n) is 2.78. The number of nitrogens with one attached hydrogen (secondary N) is 2. The fourth-order valence-corrected chi connectivity index (χ4v) is 2.78. The van der Waals surface area contributed by atoms with Crippen molar-refractivity contribution in [2.24, 2.45) is 0 Å². The summed E-state index contributed by atoms with van der Waals surface area (Å²) in [7, 11) is 0. The van der Waals surface area contributed by atoms with Crippen LogP contribution in [0.3, 0.4) is 0 Å². The highest BCUT2D eigenvalue weighted by Crippen LogP contribution is 2.22. The largest absolute Gasteiger partial charge is 0.466 e. The van der Waals surface area contributed by atoms with Crippen molar-refractivity contribution in [2.75, 3.05) is 31.7 Å². The molecule has 0 spiro atoms. The molecule has 25 heavy (non-hydrogen) atoms. The number of hydrogen-bond donors (Lipinski definition) is 2. The van der Waals surface area contributed by atoms with Crippen LogP contribution < -0.4 is 10.9 Å². The van der Waals surface area contributed by atoms with Gasteiger partial charge in [-0.3, -0.25) is 9.59 Å². The maximum Gasteiger partial charge on any atom is 0.307 e. The molecule has 0 aromatic heterocycles. The van der Waals surface area contributed by atoms with Gasteiger partial charge in [0.05, 0.1) is 24.3 Å². The topological polar surface area (TPSA) is 73.9 Å². The number of esters is 1. The summed E-state index contributed by atoms with van der Waals surface area (Å²) >= 11 is 0. The molecule has 1 saturated heterocycles. The number of nitrogens with zero attached hydrogens (tertiary/aromatic N) is 2. The maximum absolute atomic E-state index is 13.1. The molecule has 0 unspecified atom stereocenters. The quantitative estimate of drug-likeness (QED) is 0.700. The highest BCUT2D eigenvalue weighted by Gasteiger charge is 2.25. The Morgan fingerprint density at radius 3 is 2.68 bits per heavy atom. The second-order valence-electron chi connectivity index (χ2n) is 6.17. The second-order valence-corrected chi connectivity index (χ2v) is 6.17. The van der Waals surface area contributed by atoms with Gasteiger partial charge in [-0.15, -0.1) is 0 Å². The van der Waals surface area contributed by atoms with E-state index < -0.39 is 0 Å². The van der Waals surface area contributed by atoms with Crippen molar-refractivity contribution in [3.63, 3.8) is 0 Å². The average Bonchev–Trinajstić information content (AvgIpc) is 2.52. The smallest absolute Gasteiger partial charge is 0.307 e. The standard InChI is InChI=1S/C18H28N4O3/c1-5-21(14(4)12-17(23)25-6-2)18(24)15-11-13(3)7-8-16(15)20-22-10-9-19-22/h7-8,11,14,19-20H,5-6,9-10,12H2,1-4H3/t14-/m0/s1. The second kappa shape index (κ2) is 8.82. The van der Waals surface area contributed by atoms with Crippen molar-refractivity contribution in [1.82, 2.24) is 15.4 Å². The van der Waals surface area contributed by atoms with E-state index in [1.165, 1.54) is 0 Å². The number of hydrogen-bond acceptors (Lipinski definition) is 6. The zero-order valence-electron chi connectivity index (χ0n) is 15.5. The first kappa shape index (κ1) is 19.2. The molecule has 1 amide bonds. The van der Waals surface area contributed by atoms with Crippen LogP contribution in [0.2, 0.25) is 0 Å². The Morgan fingerprint density at radius 1 is 1.40 bits per heavy atom. The molecule has 7 heteroatoms. The SMILES string of the molecule is CCOC(=O)C[C@H](C)N(CC)C(=O)c1cc(C)ccc1NN1CCN1. The van der Waals surface area contributed by atoms with Gasteiger partial charge in [-0.1, -0.05) is 11.6 Å². The first-order valence-corrected chi connectivity index (χ1v) is 8.81. The van der Waals surface area contributed by atoms with Crippen LogP contribution in [0, 0.1) is 6.92 Å². The molecule has 0 radical (unpaired) electrons. The van der Waals surface area contributed by atoms with Gasteiger partial charge in [0.1, 0.15) is 0 Å². The summed E-state index contributed by atoms with van der Waals surface area (Å²) in [6.45, 7) is 10.2. The number of carbonyl (C=O) groups is 2. The van der Waals surface area contributed by atoms with Crippen molar-refractivity contribution in [3.8, 4) is 0 Å². The molecule has 138 valence electrons. The van der Waals surface area contributed by atoms with E-state index in [0.29, 0.717) is 18.7 Å². The van der Waals surface area contributed by atoms with Crippen LogP contribution in [0.4, 0.5) is 5.69 Å². The van der Waals surface area contributed by atoms with Crippen LogP contribution in [0.5, 0.6) is 0 Å². The first-order valence-electron chi connectivity index (χ1n) is 8.81. The van der Waals surface area contributed by atoms with E-state index in [4.69, 9.17) is 4.74 Å². The van der Waals surface area contributed by atoms with Crippen molar-refractivity contribution in [2.45, 2.75) is 40.2 Å². The maximum atomic E-state index is 13.1. The lowest BCUT2D eigenvalue weighted by Gasteiger charge is -2.34. The fraction of sp³-hybridized carbons (Fsp3) is 0.556. The van der Waals surface area contributed by atoms with E-state index >= 15 is 0 Å². The molecule has 1 aliphatic heterocycles. The predicted molar refractivity (Wildman–Crippen MR) is 96.9 cm³/mol. The van der Waals surface area contributed by atoms with E-state index in [9.17, 15) is 9.59 Å². The third-order valence-electron chi connectivity index (χ3n) is 4.20. The predicted octanol–water partition coefficient (Wildman–Crippen LogP) is 1.95. The number of aryl methyl sites for hydroxylation is 1. The van der Waals surface area contributed by atoms with Gasteiger partial charge in [0.15, 0.2) is 0 Å². The van der Waals surface area contributed by atoms with Gasteiger partial charge in [-0.05, 0) is 39.8 Å². The zero-order valence-corrected chi connectivity index (χ0v) is 15.5. The van der Waals surface area contributed by atoms with Gasteiger partial charge in [0.2, 0.25) is 0 Å². The lowest BCUT2D eigenvalue weighted by Crippen LogP contribution is -2.56. The Balaban J connectivity index is 2.17. The van der Waals surface area contributed by atoms with Crippen molar-refractivity contribution in [1.29, 1.82) is 0 Å². The Kier molecular flexibility index (Phi) is 6.78. The van der Waals surface area contributed by atoms with Crippen LogP contribution in [0.1, 0.15) is 43.1 Å². The summed E-state index contributed by atoms with van der Waals surface area (Å²) in [5, 5.41) is 1.85. The minimum absolute atomic E-state index is 0.0916. The molecule has 1 aromatic carbocycles. The number of anilines is 1. The third kappa shape index (κ3) is 4.93. The van der Waals surface area contributed by atoms with Gasteiger partial charge < -0.3 is 15.1 Å². The molecular weight excluding hydrogens is 320 g/mol. The summed E-state index contributed by atoms with van der Waals surface area (Å²) in [6.07, 6.45) is 0.190. The monoisotopic (exact) mass is 348 g/mol. The molecule has 0 aliphatic carbocycles. The summed E-state index contributed by atoms with van der Waals surface area (Å²) in [5.41, 5.74) is 8.70. The molecule has 2 N–H and O–H groups in total. The van der Waals surface area contributed by atoms with Crippen LogP contribution in [-0.2, 0) is 9.53 Å². The Hall–Kier alpha value is -2.12. The number of rotatable bonds is 8. The molecule has 1 aliphatic rings. The van der Waals surface area contributed by atoms with E-state index in [1.54, 1.807) is 11.8 Å². The van der Waals surface area contributed by atoms with Gasteiger partial charge in [-0.2, -0.15) is 5.12 Å². The van der Waals surface area contributed by atoms with E-state index in [-0.39, 0.29) is 24.3 Å². The molecule has 7 nitrogen and oxygen atoms in total. The molecule has 0 bridgehead atoms. The molecular formula is C18H28N4O3. The molecule has 0 saturated carbocycles. The summed E-state index contributed by atoms with van der Waals surface area (Å²) in [5.74, 6) is -0.375. The van der Waals surface area contributed by atoms with Gasteiger partial charge >= 0.3 is 5.97 Å².